The third kappa shape index (κ3) is 6.78. The standard InChI is InChI=1S/C72H53B2N3O2/c1-44-21-12-16-31-58(44)76-61-41-50(75-59-32-17-13-27-52(59)53-28-14-18-33-60(53)75)35-36-54(61)73-57-42-56-62(43-66(57)79-68-40-49(72(3,4)5)39-64(76)70(68)73)77(71-45(2)22-20-29-51(71)47-25-10-7-11-26-47)63-37-48(46-23-8-6-9-24-46)38-67-69(63)74(56)55-30-15-19-34-65(55)78-67/h6-43H,1-5H3. The molecule has 1 aromatic heterocycles. The number of fused-ring (bicyclic) bond motifs is 11. The molecule has 4 aliphatic heterocycles. The molecule has 0 bridgehead atoms. The fraction of sp³-hybridized carbons (Fsp3) is 0.0833. The molecule has 0 fully saturated rings. The minimum Gasteiger partial charge on any atom is -0.458 e. The first kappa shape index (κ1) is 45.7. The summed E-state index contributed by atoms with van der Waals surface area (Å²) in [5, 5.41) is 2.48. The van der Waals surface area contributed by atoms with E-state index in [1.54, 1.807) is 0 Å². The summed E-state index contributed by atoms with van der Waals surface area (Å²) >= 11 is 0. The van der Waals surface area contributed by atoms with Crippen LogP contribution in [0.1, 0.15) is 37.5 Å². The van der Waals surface area contributed by atoms with E-state index in [1.165, 1.54) is 54.9 Å². The van der Waals surface area contributed by atoms with Gasteiger partial charge in [-0.15, -0.1) is 0 Å². The summed E-state index contributed by atoms with van der Waals surface area (Å²) in [6.45, 7) is 11.1. The first-order valence-electron chi connectivity index (χ1n) is 27.6. The molecule has 12 aromatic rings. The Morgan fingerprint density at radius 2 is 0.975 bits per heavy atom. The number of aryl methyl sites for hydroxylation is 2. The SMILES string of the molecule is Cc1ccccc1N1c2cc(-n3c4ccccc4c4ccccc43)ccc2B2c3cc4c(cc3Oc3cc(C(C)(C)C)cc1c32)N(c1c(C)cccc1-c1ccccc1)c1cc(-c2ccccc2)cc2c1B4c1ccccc1O2. The van der Waals surface area contributed by atoms with Gasteiger partial charge in [0.1, 0.15) is 23.0 Å². The van der Waals surface area contributed by atoms with Gasteiger partial charge in [-0.2, -0.15) is 0 Å². The van der Waals surface area contributed by atoms with Crippen LogP contribution in [-0.4, -0.2) is 18.0 Å². The molecule has 0 amide bonds. The predicted octanol–water partition coefficient (Wildman–Crippen LogP) is 14.8. The van der Waals surface area contributed by atoms with E-state index in [4.69, 9.17) is 9.47 Å². The van der Waals surface area contributed by atoms with Crippen LogP contribution >= 0.6 is 0 Å². The smallest absolute Gasteiger partial charge is 0.256 e. The van der Waals surface area contributed by atoms with Crippen molar-refractivity contribution in [2.75, 3.05) is 9.80 Å². The van der Waals surface area contributed by atoms with E-state index in [1.807, 2.05) is 0 Å². The van der Waals surface area contributed by atoms with E-state index < -0.39 is 0 Å². The maximum absolute atomic E-state index is 7.64. The predicted molar refractivity (Wildman–Crippen MR) is 332 cm³/mol. The van der Waals surface area contributed by atoms with E-state index in [0.29, 0.717) is 0 Å². The lowest BCUT2D eigenvalue weighted by Crippen LogP contribution is -2.63. The van der Waals surface area contributed by atoms with Crippen LogP contribution < -0.4 is 52.1 Å². The molecule has 5 nitrogen and oxygen atoms in total. The van der Waals surface area contributed by atoms with Gasteiger partial charge in [-0.3, -0.25) is 0 Å². The topological polar surface area (TPSA) is 29.9 Å². The van der Waals surface area contributed by atoms with Gasteiger partial charge in [0.05, 0.1) is 16.7 Å². The minimum atomic E-state index is -0.188. The van der Waals surface area contributed by atoms with Crippen LogP contribution in [0.3, 0.4) is 0 Å². The zero-order valence-corrected chi connectivity index (χ0v) is 44.8. The molecule has 374 valence electrons. The minimum absolute atomic E-state index is 0.145. The number of hydrogen-bond acceptors (Lipinski definition) is 4. The Labute approximate surface area is 461 Å². The van der Waals surface area contributed by atoms with Crippen molar-refractivity contribution in [3.63, 3.8) is 0 Å². The van der Waals surface area contributed by atoms with Gasteiger partial charge in [0.15, 0.2) is 0 Å². The Balaban J connectivity index is 1.00. The molecular formula is C72H53B2N3O2. The number of benzene rings is 11. The maximum atomic E-state index is 7.64. The number of aromatic nitrogens is 1. The highest BCUT2D eigenvalue weighted by Crippen LogP contribution is 2.50. The van der Waals surface area contributed by atoms with E-state index in [9.17, 15) is 0 Å². The molecule has 0 N–H and O–H groups in total. The number of ether oxygens (including phenoxy) is 2. The molecule has 4 aliphatic rings. The fourth-order valence-electron chi connectivity index (χ4n) is 13.6. The summed E-state index contributed by atoms with van der Waals surface area (Å²) in [5.41, 5.74) is 25.2. The number of para-hydroxylation sites is 5. The summed E-state index contributed by atoms with van der Waals surface area (Å²) < 4.78 is 17.2. The highest BCUT2D eigenvalue weighted by molar-refractivity contribution is 7.02. The lowest BCUT2D eigenvalue weighted by molar-refractivity contribution is 0.483. The second-order valence-electron chi connectivity index (χ2n) is 22.9. The van der Waals surface area contributed by atoms with Gasteiger partial charge in [0.2, 0.25) is 0 Å². The number of rotatable bonds is 5. The van der Waals surface area contributed by atoms with Gasteiger partial charge in [-0.1, -0.05) is 185 Å². The van der Waals surface area contributed by atoms with Crippen molar-refractivity contribution in [1.29, 1.82) is 0 Å². The number of hydrogen-bond donors (Lipinski definition) is 0. The van der Waals surface area contributed by atoms with Crippen molar-refractivity contribution < 1.29 is 9.47 Å². The van der Waals surface area contributed by atoms with Gasteiger partial charge in [-0.25, -0.2) is 0 Å². The molecule has 0 aliphatic carbocycles. The summed E-state index contributed by atoms with van der Waals surface area (Å²) in [7, 11) is 0. The van der Waals surface area contributed by atoms with Crippen LogP contribution in [0, 0.1) is 13.8 Å². The Kier molecular flexibility index (Phi) is 9.85. The third-order valence-corrected chi connectivity index (χ3v) is 17.3. The number of nitrogens with zero attached hydrogens (tertiary/aromatic N) is 3. The number of anilines is 6. The molecular weight excluding hydrogens is 960 g/mol. The van der Waals surface area contributed by atoms with Gasteiger partial charge in [0, 0.05) is 56.5 Å². The average molecular weight is 1010 g/mol. The molecule has 0 saturated carbocycles. The van der Waals surface area contributed by atoms with Crippen LogP contribution in [0.25, 0.3) is 49.7 Å². The third-order valence-electron chi connectivity index (χ3n) is 17.3. The van der Waals surface area contributed by atoms with Gasteiger partial charge >= 0.3 is 0 Å². The van der Waals surface area contributed by atoms with Gasteiger partial charge < -0.3 is 23.8 Å². The van der Waals surface area contributed by atoms with E-state index in [0.717, 1.165) is 101 Å². The second kappa shape index (κ2) is 17.0. The molecule has 0 saturated heterocycles. The summed E-state index contributed by atoms with van der Waals surface area (Å²) in [5.74, 6) is 3.50. The average Bonchev–Trinajstić information content (AvgIpc) is 4.01. The van der Waals surface area contributed by atoms with Crippen LogP contribution in [0.2, 0.25) is 0 Å². The van der Waals surface area contributed by atoms with Crippen LogP contribution in [0.4, 0.5) is 34.1 Å². The van der Waals surface area contributed by atoms with Crippen molar-refractivity contribution in [2.24, 2.45) is 0 Å². The quantitative estimate of drug-likeness (QED) is 0.161. The second-order valence-corrected chi connectivity index (χ2v) is 22.9. The summed E-state index contributed by atoms with van der Waals surface area (Å²) in [6, 6.07) is 84.9. The van der Waals surface area contributed by atoms with Crippen molar-refractivity contribution in [2.45, 2.75) is 40.0 Å². The molecule has 0 unspecified atom stereocenters. The van der Waals surface area contributed by atoms with Crippen molar-refractivity contribution >= 4 is 102 Å². The lowest BCUT2D eigenvalue weighted by Gasteiger charge is -2.44. The zero-order valence-electron chi connectivity index (χ0n) is 44.8. The molecule has 16 rings (SSSR count). The molecule has 0 spiro atoms. The van der Waals surface area contributed by atoms with E-state index >= 15 is 0 Å². The first-order valence-corrected chi connectivity index (χ1v) is 27.6. The highest BCUT2D eigenvalue weighted by atomic mass is 16.5. The lowest BCUT2D eigenvalue weighted by atomic mass is 9.31. The Hall–Kier alpha value is -9.45. The summed E-state index contributed by atoms with van der Waals surface area (Å²) in [4.78, 5) is 5.07. The maximum Gasteiger partial charge on any atom is 0.256 e. The van der Waals surface area contributed by atoms with Crippen LogP contribution in [0.5, 0.6) is 23.0 Å². The normalized spacial score (nSPS) is 13.5. The zero-order chi connectivity index (χ0) is 52.8. The summed E-state index contributed by atoms with van der Waals surface area (Å²) in [6.07, 6.45) is 0. The molecule has 7 heteroatoms. The van der Waals surface area contributed by atoms with Gasteiger partial charge in [-0.05, 0) is 146 Å². The first-order chi connectivity index (χ1) is 38.7. The molecule has 0 atom stereocenters. The molecule has 5 heterocycles. The van der Waals surface area contributed by atoms with Crippen molar-refractivity contribution in [3.05, 3.63) is 247 Å². The highest BCUT2D eigenvalue weighted by Gasteiger charge is 2.48. The molecule has 0 radical (unpaired) electrons. The van der Waals surface area contributed by atoms with E-state index in [-0.39, 0.29) is 18.8 Å². The molecule has 11 aromatic carbocycles. The van der Waals surface area contributed by atoms with Gasteiger partial charge in [0.25, 0.3) is 13.4 Å². The Bertz CT molecular complexity index is 4490. The fourth-order valence-corrected chi connectivity index (χ4v) is 13.6. The Morgan fingerprint density at radius 3 is 1.72 bits per heavy atom. The van der Waals surface area contributed by atoms with Crippen LogP contribution in [-0.2, 0) is 5.41 Å². The van der Waals surface area contributed by atoms with Crippen molar-refractivity contribution in [3.8, 4) is 50.9 Å². The van der Waals surface area contributed by atoms with Crippen LogP contribution in [0.15, 0.2) is 231 Å². The monoisotopic (exact) mass is 1010 g/mol. The van der Waals surface area contributed by atoms with Crippen molar-refractivity contribution in [1.82, 2.24) is 4.57 Å². The Morgan fingerprint density at radius 1 is 0.367 bits per heavy atom. The molecule has 79 heavy (non-hydrogen) atoms. The largest absolute Gasteiger partial charge is 0.458 e. The van der Waals surface area contributed by atoms with E-state index in [2.05, 4.69) is 280 Å².